The summed E-state index contributed by atoms with van der Waals surface area (Å²) in [5.74, 6) is 3.33. The topological polar surface area (TPSA) is 411 Å². The Bertz CT molecular complexity index is 4670. The van der Waals surface area contributed by atoms with Crippen molar-refractivity contribution in [2.75, 3.05) is 45.1 Å². The Labute approximate surface area is 553 Å². The molecule has 0 bridgehead atoms. The summed E-state index contributed by atoms with van der Waals surface area (Å²) in [6.07, 6.45) is 0. The summed E-state index contributed by atoms with van der Waals surface area (Å²) >= 11 is -0.0124. The third-order valence-electron chi connectivity index (χ3n) is 13.0. The van der Waals surface area contributed by atoms with Crippen molar-refractivity contribution in [2.24, 2.45) is 0 Å². The Morgan fingerprint density at radius 1 is 0.402 bits per heavy atom. The third-order valence-corrected chi connectivity index (χ3v) is 19.6. The first kappa shape index (κ1) is 66.9. The fraction of sp³-hybridized carbons (Fsp3) is 0.127. The number of hydrogen-bond acceptors (Lipinski definition) is 27. The van der Waals surface area contributed by atoms with Crippen LogP contribution >= 0.6 is 11.8 Å². The molecule has 2 N–H and O–H groups in total. The van der Waals surface area contributed by atoms with Crippen molar-refractivity contribution >= 4 is 182 Å². The molecule has 0 saturated heterocycles. The third kappa shape index (κ3) is 15.4. The van der Waals surface area contributed by atoms with Gasteiger partial charge in [-0.2, -0.15) is 0 Å². The number of benzene rings is 8. The number of methoxy groups -OCH3 is 3. The molecule has 8 aromatic carbocycles. The molecule has 0 fully saturated rings. The van der Waals surface area contributed by atoms with Gasteiger partial charge in [-0.05, 0) is 0 Å². The van der Waals surface area contributed by atoms with E-state index in [1.807, 2.05) is 48.5 Å². The molecule has 0 unspecified atom stereocenters. The number of fused-ring (bicyclic) bond motifs is 5. The number of ether oxygens (including phenoxy) is 4. The summed E-state index contributed by atoms with van der Waals surface area (Å²) in [5, 5.41) is 54.4. The fourth-order valence-corrected chi connectivity index (χ4v) is 15.5. The van der Waals surface area contributed by atoms with E-state index in [9.17, 15) is 50.6 Å². The summed E-state index contributed by atoms with van der Waals surface area (Å²) in [6.45, 7) is 5.80. The Morgan fingerprint density at radius 2 is 0.761 bits per heavy atom. The van der Waals surface area contributed by atoms with Gasteiger partial charge in [0.25, 0.3) is 0 Å². The molecule has 0 aliphatic rings. The van der Waals surface area contributed by atoms with Crippen molar-refractivity contribution in [1.29, 1.82) is 0 Å². The average molecular weight is 1590 g/mol. The molecule has 92 heavy (non-hydrogen) atoms. The predicted octanol–water partition coefficient (Wildman–Crippen LogP) is 9.04. The minimum absolute atomic E-state index is 0.0142. The Kier molecular flexibility index (Phi) is 22.6. The van der Waals surface area contributed by atoms with Crippen molar-refractivity contribution < 1.29 is 43.6 Å². The normalized spacial score (nSPS) is 10.6. The predicted molar refractivity (Wildman–Crippen MR) is 346 cm³/mol. The standard InChI is InChI=1S/C13H9N3O4Se.C13H9N3O3SSe.C13H9N3O3Se.C10H12N4O2Se.C6H4N4O2Se/c2*1-19-8-2-4-9(5-3-8)20-11-7-6-10(16(17)18)12-13(11)15-21-14-12;1-19-9-4-2-8(3-5-9)10-6-7-11(16(17)18)13-12(10)14-20-15-13;1-3-13(4-2)7-5-6-8(14(15)16)10-9(7)11-17-12-10;7-3-1-2-4(10(11)12)6-5(3)8-13-9-6/h2*2-7H,1H3;2-7H,1H3;5-6H,3-4H2,1-2H3;1-2H,7H2. The van der Waals surface area contributed by atoms with E-state index < -0.39 is 24.6 Å². The number of non-ortho nitro benzene ring substituents is 5. The van der Waals surface area contributed by atoms with Crippen LogP contribution in [-0.4, -0.2) is 174 Å². The molecule has 0 radical (unpaired) electrons. The number of anilines is 2. The van der Waals surface area contributed by atoms with Gasteiger partial charge in [0.05, 0.1) is 0 Å². The van der Waals surface area contributed by atoms with E-state index >= 15 is 0 Å². The zero-order valence-corrected chi connectivity index (χ0v) is 57.4. The average Bonchev–Trinajstić information content (AvgIpc) is 1.67. The van der Waals surface area contributed by atoms with E-state index in [0.717, 1.165) is 56.9 Å². The molecule has 468 valence electrons. The zero-order chi connectivity index (χ0) is 65.6. The molecule has 5 aromatic heterocycles. The molecule has 0 amide bonds. The van der Waals surface area contributed by atoms with E-state index in [2.05, 4.69) is 58.5 Å². The van der Waals surface area contributed by atoms with E-state index in [0.29, 0.717) is 72.4 Å². The number of nitro benzene ring substituents is 5. The SMILES string of the molecule is CCN(CC)c1ccc([N+](=O)[O-])c2n[se]nc12.COc1ccc(-c2ccc([N+](=O)[O-])c3n[se]nc23)cc1.COc1ccc(Oc2ccc([N+](=O)[O-])c3n[se]nc23)cc1.COc1ccc(Sc2ccc([N+](=O)[O-])c3n[se]nc23)cc1.Nc1ccc([N+](=O)[O-])c2n[se]nc12. The van der Waals surface area contributed by atoms with Crippen molar-refractivity contribution in [3.63, 3.8) is 0 Å². The molecule has 5 heterocycles. The van der Waals surface area contributed by atoms with E-state index in [1.54, 1.807) is 69.9 Å². The summed E-state index contributed by atoms with van der Waals surface area (Å²) < 4.78 is 62.8. The number of aromatic nitrogens is 10. The second kappa shape index (κ2) is 31.0. The van der Waals surface area contributed by atoms with Crippen LogP contribution < -0.4 is 29.6 Å². The maximum atomic E-state index is 11.0. The van der Waals surface area contributed by atoms with Gasteiger partial charge in [0, 0.05) is 0 Å². The number of nitrogens with zero attached hydrogens (tertiary/aromatic N) is 16. The van der Waals surface area contributed by atoms with Crippen LogP contribution in [0.2, 0.25) is 0 Å². The molecule has 13 aromatic rings. The number of nitrogen functional groups attached to an aromatic ring is 1. The number of rotatable bonds is 16. The Balaban J connectivity index is 0.000000137. The number of hydrogen-bond donors (Lipinski definition) is 1. The van der Waals surface area contributed by atoms with Crippen LogP contribution in [0.4, 0.5) is 39.8 Å². The van der Waals surface area contributed by atoms with Crippen molar-refractivity contribution in [2.45, 2.75) is 23.6 Å². The molecule has 0 spiro atoms. The van der Waals surface area contributed by atoms with Crippen LogP contribution in [0, 0.1) is 50.6 Å². The molecule has 0 aliphatic heterocycles. The fourth-order valence-electron chi connectivity index (χ4n) is 8.49. The monoisotopic (exact) mass is 1600 g/mol. The van der Waals surface area contributed by atoms with Gasteiger partial charge in [-0.3, -0.25) is 0 Å². The van der Waals surface area contributed by atoms with Crippen LogP contribution in [0.5, 0.6) is 28.7 Å². The van der Waals surface area contributed by atoms with Crippen molar-refractivity contribution in [3.8, 4) is 39.9 Å². The van der Waals surface area contributed by atoms with Gasteiger partial charge in [-0.15, -0.1) is 0 Å². The van der Waals surface area contributed by atoms with Gasteiger partial charge in [0.15, 0.2) is 0 Å². The maximum absolute atomic E-state index is 11.0. The minimum atomic E-state index is -0.474. The molecule has 13 rings (SSSR count). The van der Waals surface area contributed by atoms with Crippen LogP contribution in [0.15, 0.2) is 143 Å². The van der Waals surface area contributed by atoms with Gasteiger partial charge in [0.1, 0.15) is 0 Å². The van der Waals surface area contributed by atoms with Gasteiger partial charge in [-0.1, -0.05) is 0 Å². The van der Waals surface area contributed by atoms with E-state index in [1.165, 1.54) is 48.2 Å². The summed E-state index contributed by atoms with van der Waals surface area (Å²) in [6, 6.07) is 37.7. The van der Waals surface area contributed by atoms with Crippen LogP contribution in [-0.2, 0) is 0 Å². The first-order valence-corrected chi connectivity index (χ1v) is 34.7. The molecule has 0 saturated carbocycles. The number of nitro groups is 5. The van der Waals surface area contributed by atoms with Crippen LogP contribution in [0.1, 0.15) is 13.8 Å². The molecule has 0 aliphatic carbocycles. The Hall–Kier alpha value is -9.49. The molecule has 0 atom stereocenters. The summed E-state index contributed by atoms with van der Waals surface area (Å²) in [4.78, 5) is 56.2. The van der Waals surface area contributed by atoms with Crippen LogP contribution in [0.3, 0.4) is 0 Å². The van der Waals surface area contributed by atoms with Gasteiger partial charge >= 0.3 is 558 Å². The second-order valence-electron chi connectivity index (χ2n) is 18.1. The van der Waals surface area contributed by atoms with E-state index in [-0.39, 0.29) is 103 Å². The van der Waals surface area contributed by atoms with Crippen LogP contribution in [0.25, 0.3) is 66.3 Å². The summed E-state index contributed by atoms with van der Waals surface area (Å²) in [5.41, 5.74) is 13.5. The van der Waals surface area contributed by atoms with Gasteiger partial charge in [-0.25, -0.2) is 0 Å². The van der Waals surface area contributed by atoms with E-state index in [4.69, 9.17) is 24.7 Å². The van der Waals surface area contributed by atoms with Crippen molar-refractivity contribution in [3.05, 3.63) is 184 Å². The van der Waals surface area contributed by atoms with Gasteiger partial charge in [0.2, 0.25) is 0 Å². The number of nitrogens with two attached hydrogens (primary N) is 1. The first-order valence-electron chi connectivity index (χ1n) is 26.2. The molecular formula is C55H43N17O14SSe5. The Morgan fingerprint density at radius 3 is 1.26 bits per heavy atom. The second-order valence-corrected chi connectivity index (χ2v) is 24.8. The quantitative estimate of drug-likeness (QED) is 0.0407. The van der Waals surface area contributed by atoms with Crippen molar-refractivity contribution in [1.82, 2.24) is 39.8 Å². The first-order chi connectivity index (χ1) is 44.5. The molecule has 37 heteroatoms. The molecule has 31 nitrogen and oxygen atoms in total. The van der Waals surface area contributed by atoms with Gasteiger partial charge < -0.3 is 0 Å². The molecular weight excluding hydrogens is 1550 g/mol. The zero-order valence-electron chi connectivity index (χ0n) is 48.0. The summed E-state index contributed by atoms with van der Waals surface area (Å²) in [7, 11) is 4.81.